The molecular formula is C23H27N5O2. The van der Waals surface area contributed by atoms with E-state index in [2.05, 4.69) is 21.6 Å². The van der Waals surface area contributed by atoms with E-state index < -0.39 is 0 Å². The van der Waals surface area contributed by atoms with Crippen LogP contribution in [0.2, 0.25) is 0 Å². The second kappa shape index (κ2) is 9.90. The van der Waals surface area contributed by atoms with Crippen LogP contribution in [0.5, 0.6) is 0 Å². The van der Waals surface area contributed by atoms with Crippen molar-refractivity contribution < 1.29 is 9.59 Å². The molecule has 156 valence electrons. The summed E-state index contributed by atoms with van der Waals surface area (Å²) in [6, 6.07) is 16.8. The van der Waals surface area contributed by atoms with Gasteiger partial charge in [0, 0.05) is 50.0 Å². The highest BCUT2D eigenvalue weighted by atomic mass is 16.2. The van der Waals surface area contributed by atoms with Crippen molar-refractivity contribution in [2.75, 3.05) is 36.8 Å². The minimum absolute atomic E-state index is 0.0585. The van der Waals surface area contributed by atoms with Gasteiger partial charge in [-0.05, 0) is 35.9 Å². The third kappa shape index (κ3) is 5.82. The maximum Gasteiger partial charge on any atom is 0.321 e. The third-order valence-electron chi connectivity index (χ3n) is 5.05. The Morgan fingerprint density at radius 3 is 2.23 bits per heavy atom. The van der Waals surface area contributed by atoms with Crippen molar-refractivity contribution in [2.24, 2.45) is 5.92 Å². The number of hydrogen-bond acceptors (Lipinski definition) is 4. The number of urea groups is 1. The first kappa shape index (κ1) is 21.3. The molecule has 1 saturated heterocycles. The van der Waals surface area contributed by atoms with Crippen LogP contribution in [0.25, 0.3) is 0 Å². The summed E-state index contributed by atoms with van der Waals surface area (Å²) in [6.45, 7) is 7.34. The number of piperazine rings is 1. The fourth-order valence-corrected chi connectivity index (χ4v) is 3.22. The molecule has 1 heterocycles. The molecule has 0 bridgehead atoms. The van der Waals surface area contributed by atoms with Crippen LogP contribution in [-0.4, -0.2) is 47.9 Å². The number of anilines is 2. The van der Waals surface area contributed by atoms with Crippen molar-refractivity contribution in [2.45, 2.75) is 20.4 Å². The van der Waals surface area contributed by atoms with Crippen LogP contribution < -0.4 is 10.6 Å². The smallest absolute Gasteiger partial charge is 0.321 e. The molecule has 1 aliphatic heterocycles. The maximum absolute atomic E-state index is 12.6. The summed E-state index contributed by atoms with van der Waals surface area (Å²) in [5, 5.41) is 14.7. The van der Waals surface area contributed by atoms with Crippen molar-refractivity contribution >= 4 is 23.3 Å². The molecule has 1 fully saturated rings. The lowest BCUT2D eigenvalue weighted by atomic mass is 10.1. The summed E-state index contributed by atoms with van der Waals surface area (Å²) in [6.07, 6.45) is 0. The molecule has 7 nitrogen and oxygen atoms in total. The Labute approximate surface area is 177 Å². The van der Waals surface area contributed by atoms with Gasteiger partial charge in [0.15, 0.2) is 0 Å². The molecule has 2 N–H and O–H groups in total. The van der Waals surface area contributed by atoms with E-state index in [-0.39, 0.29) is 17.9 Å². The summed E-state index contributed by atoms with van der Waals surface area (Å²) in [7, 11) is 0. The first-order chi connectivity index (χ1) is 14.4. The van der Waals surface area contributed by atoms with Crippen molar-refractivity contribution in [1.29, 1.82) is 5.26 Å². The first-order valence-electron chi connectivity index (χ1n) is 10.1. The van der Waals surface area contributed by atoms with E-state index in [4.69, 9.17) is 5.26 Å². The topological polar surface area (TPSA) is 88.5 Å². The summed E-state index contributed by atoms with van der Waals surface area (Å²) in [5.41, 5.74) is 3.14. The normalized spacial score (nSPS) is 14.3. The fraction of sp³-hybridized carbons (Fsp3) is 0.348. The Bertz CT molecular complexity index is 925. The van der Waals surface area contributed by atoms with Gasteiger partial charge in [0.05, 0.1) is 11.6 Å². The van der Waals surface area contributed by atoms with Crippen molar-refractivity contribution in [1.82, 2.24) is 9.80 Å². The van der Waals surface area contributed by atoms with Crippen molar-refractivity contribution in [3.8, 4) is 6.07 Å². The monoisotopic (exact) mass is 405 g/mol. The van der Waals surface area contributed by atoms with Crippen LogP contribution in [0.4, 0.5) is 16.2 Å². The minimum Gasteiger partial charge on any atom is -0.326 e. The predicted molar refractivity (Wildman–Crippen MR) is 117 cm³/mol. The molecule has 0 unspecified atom stereocenters. The lowest BCUT2D eigenvalue weighted by Crippen LogP contribution is -2.49. The summed E-state index contributed by atoms with van der Waals surface area (Å²) >= 11 is 0. The number of benzene rings is 2. The Morgan fingerprint density at radius 2 is 1.63 bits per heavy atom. The van der Waals surface area contributed by atoms with Gasteiger partial charge in [0.2, 0.25) is 5.91 Å². The number of carbonyl (C=O) groups is 2. The second-order valence-electron chi connectivity index (χ2n) is 7.73. The number of hydrogen-bond donors (Lipinski definition) is 2. The van der Waals surface area contributed by atoms with Crippen LogP contribution in [0.15, 0.2) is 48.5 Å². The van der Waals surface area contributed by atoms with Crippen LogP contribution in [0, 0.1) is 17.2 Å². The van der Waals surface area contributed by atoms with E-state index >= 15 is 0 Å². The minimum atomic E-state index is -0.139. The second-order valence-corrected chi connectivity index (χ2v) is 7.73. The van der Waals surface area contributed by atoms with E-state index in [9.17, 15) is 9.59 Å². The van der Waals surface area contributed by atoms with Crippen molar-refractivity contribution in [3.63, 3.8) is 0 Å². The molecule has 3 amide bonds. The van der Waals surface area contributed by atoms with Gasteiger partial charge in [0.25, 0.3) is 0 Å². The molecule has 0 atom stereocenters. The fourth-order valence-electron chi connectivity index (χ4n) is 3.22. The summed E-state index contributed by atoms with van der Waals surface area (Å²) in [4.78, 5) is 28.6. The number of carbonyl (C=O) groups excluding carboxylic acids is 2. The number of amides is 3. The van der Waals surface area contributed by atoms with E-state index in [0.29, 0.717) is 30.0 Å². The molecule has 0 spiro atoms. The van der Waals surface area contributed by atoms with E-state index in [1.165, 1.54) is 0 Å². The zero-order valence-corrected chi connectivity index (χ0v) is 17.4. The van der Waals surface area contributed by atoms with Crippen LogP contribution >= 0.6 is 0 Å². The van der Waals surface area contributed by atoms with Crippen LogP contribution in [0.1, 0.15) is 25.0 Å². The average molecular weight is 406 g/mol. The summed E-state index contributed by atoms with van der Waals surface area (Å²) < 4.78 is 0. The molecule has 0 saturated carbocycles. The van der Waals surface area contributed by atoms with Crippen LogP contribution in [-0.2, 0) is 11.3 Å². The molecule has 7 heteroatoms. The Kier molecular flexibility index (Phi) is 7.04. The van der Waals surface area contributed by atoms with Gasteiger partial charge in [0.1, 0.15) is 0 Å². The zero-order chi connectivity index (χ0) is 21.5. The van der Waals surface area contributed by atoms with Gasteiger partial charge in [-0.3, -0.25) is 9.69 Å². The lowest BCUT2D eigenvalue weighted by molar-refractivity contribution is -0.118. The number of nitrogens with zero attached hydrogens (tertiary/aromatic N) is 3. The standard InChI is InChI=1S/C23H27N5O2/c1-17(2)22(29)25-20-4-3-5-21(14-20)26-23(30)28-12-10-27(11-13-28)16-19-8-6-18(15-24)7-9-19/h3-9,14,17H,10-13,16H2,1-2H3,(H,25,29)(H,26,30). The molecule has 0 aliphatic carbocycles. The van der Waals surface area contributed by atoms with E-state index in [0.717, 1.165) is 25.2 Å². The molecule has 2 aromatic carbocycles. The molecular weight excluding hydrogens is 378 g/mol. The molecule has 0 aromatic heterocycles. The molecule has 1 aliphatic rings. The number of nitriles is 1. The zero-order valence-electron chi connectivity index (χ0n) is 17.4. The highest BCUT2D eigenvalue weighted by Gasteiger charge is 2.21. The lowest BCUT2D eigenvalue weighted by Gasteiger charge is -2.34. The number of rotatable bonds is 5. The SMILES string of the molecule is CC(C)C(=O)Nc1cccc(NC(=O)N2CCN(Cc3ccc(C#N)cc3)CC2)c1. The molecule has 2 aromatic rings. The summed E-state index contributed by atoms with van der Waals surface area (Å²) in [5.74, 6) is -0.166. The molecule has 30 heavy (non-hydrogen) atoms. The van der Waals surface area contributed by atoms with Crippen LogP contribution in [0.3, 0.4) is 0 Å². The number of nitrogens with one attached hydrogen (secondary N) is 2. The van der Waals surface area contributed by atoms with Gasteiger partial charge in [-0.2, -0.15) is 5.26 Å². The Morgan fingerprint density at radius 1 is 1.00 bits per heavy atom. The Hall–Kier alpha value is -3.37. The largest absolute Gasteiger partial charge is 0.326 e. The maximum atomic E-state index is 12.6. The van der Waals surface area contributed by atoms with Gasteiger partial charge >= 0.3 is 6.03 Å². The third-order valence-corrected chi connectivity index (χ3v) is 5.05. The van der Waals surface area contributed by atoms with E-state index in [1.807, 2.05) is 44.2 Å². The van der Waals surface area contributed by atoms with Crippen molar-refractivity contribution in [3.05, 3.63) is 59.7 Å². The van der Waals surface area contributed by atoms with E-state index in [1.54, 1.807) is 23.1 Å². The highest BCUT2D eigenvalue weighted by molar-refractivity contribution is 5.94. The van der Waals surface area contributed by atoms with Gasteiger partial charge in [-0.15, -0.1) is 0 Å². The van der Waals surface area contributed by atoms with Gasteiger partial charge < -0.3 is 15.5 Å². The predicted octanol–water partition coefficient (Wildman–Crippen LogP) is 3.50. The highest BCUT2D eigenvalue weighted by Crippen LogP contribution is 2.17. The first-order valence-corrected chi connectivity index (χ1v) is 10.1. The Balaban J connectivity index is 1.49. The van der Waals surface area contributed by atoms with Gasteiger partial charge in [-0.25, -0.2) is 4.79 Å². The quantitative estimate of drug-likeness (QED) is 0.797. The molecule has 3 rings (SSSR count). The molecule has 0 radical (unpaired) electrons. The average Bonchev–Trinajstić information content (AvgIpc) is 2.75. The van der Waals surface area contributed by atoms with Gasteiger partial charge in [-0.1, -0.05) is 32.0 Å².